The summed E-state index contributed by atoms with van der Waals surface area (Å²) in [6.45, 7) is 4.94. The minimum Gasteiger partial charge on any atom is -0.466 e. The molecule has 6 nitrogen and oxygen atoms in total. The standard InChI is InChI=1S/C90H173NO5/c1-3-5-7-9-11-13-15-17-19-21-23-43-47-50-54-58-62-66-70-74-78-82-88(93)87(86-92)91-89(94)83-79-75-71-67-63-59-55-51-48-44-41-39-37-35-33-31-29-27-25-24-26-28-30-32-34-36-38-40-42-45-49-53-57-61-65-69-73-77-81-85-96-90(95)84-80-76-72-68-64-60-56-52-46-22-20-18-16-14-12-10-8-6-4-2/h12,14,18,20,78,82,87-88,92-93H,3-11,13,15-17,19,21-77,79-81,83-86H2,1-2H3,(H,91,94)/b14-12-,20-18-,82-78+. The number of nitrogens with one attached hydrogen (secondary N) is 1. The molecule has 0 rings (SSSR count). The maximum absolute atomic E-state index is 12.6. The fourth-order valence-electron chi connectivity index (χ4n) is 14.2. The molecule has 0 heterocycles. The lowest BCUT2D eigenvalue weighted by Gasteiger charge is -2.20. The van der Waals surface area contributed by atoms with Gasteiger partial charge in [-0.05, 0) is 64.2 Å². The maximum atomic E-state index is 12.6. The Hall–Kier alpha value is -1.92. The minimum atomic E-state index is -0.841. The fourth-order valence-corrected chi connectivity index (χ4v) is 14.2. The molecule has 0 bridgehead atoms. The molecule has 6 heteroatoms. The molecule has 0 aromatic rings. The molecule has 0 saturated heterocycles. The molecule has 0 aliphatic rings. The Bertz CT molecular complexity index is 1560. The summed E-state index contributed by atoms with van der Waals surface area (Å²) in [5.74, 6) is -0.0357. The number of amides is 1. The number of hydrogen-bond donors (Lipinski definition) is 3. The van der Waals surface area contributed by atoms with Gasteiger partial charge in [0.25, 0.3) is 0 Å². The third-order valence-electron chi connectivity index (χ3n) is 20.9. The predicted octanol–water partition coefficient (Wildman–Crippen LogP) is 29.7. The van der Waals surface area contributed by atoms with Crippen LogP contribution in [0.2, 0.25) is 0 Å². The largest absolute Gasteiger partial charge is 0.466 e. The van der Waals surface area contributed by atoms with Crippen LogP contribution in [0.4, 0.5) is 0 Å². The highest BCUT2D eigenvalue weighted by Gasteiger charge is 2.18. The van der Waals surface area contributed by atoms with E-state index in [2.05, 4.69) is 43.5 Å². The zero-order valence-electron chi connectivity index (χ0n) is 65.4. The fraction of sp³-hybridized carbons (Fsp3) is 0.911. The van der Waals surface area contributed by atoms with E-state index in [0.717, 1.165) is 44.9 Å². The molecule has 96 heavy (non-hydrogen) atoms. The highest BCUT2D eigenvalue weighted by molar-refractivity contribution is 5.76. The van der Waals surface area contributed by atoms with Crippen LogP contribution in [0.15, 0.2) is 36.5 Å². The van der Waals surface area contributed by atoms with E-state index in [-0.39, 0.29) is 18.5 Å². The van der Waals surface area contributed by atoms with Crippen LogP contribution in [0.3, 0.4) is 0 Å². The van der Waals surface area contributed by atoms with Crippen LogP contribution in [0.25, 0.3) is 0 Å². The average Bonchev–Trinajstić information content (AvgIpc) is 3.22. The third-order valence-corrected chi connectivity index (χ3v) is 20.9. The first-order chi connectivity index (χ1) is 47.5. The monoisotopic (exact) mass is 1350 g/mol. The molecule has 2 atom stereocenters. The summed E-state index contributed by atoms with van der Waals surface area (Å²) in [7, 11) is 0. The van der Waals surface area contributed by atoms with Crippen molar-refractivity contribution in [3.63, 3.8) is 0 Å². The summed E-state index contributed by atoms with van der Waals surface area (Å²) in [6, 6.07) is -0.624. The lowest BCUT2D eigenvalue weighted by atomic mass is 10.0. The van der Waals surface area contributed by atoms with Crippen LogP contribution in [-0.4, -0.2) is 47.4 Å². The smallest absolute Gasteiger partial charge is 0.305 e. The number of esters is 1. The second-order valence-corrected chi connectivity index (χ2v) is 30.6. The Morgan fingerprint density at radius 3 is 0.812 bits per heavy atom. The van der Waals surface area contributed by atoms with Gasteiger partial charge in [-0.2, -0.15) is 0 Å². The number of carbonyl (C=O) groups excluding carboxylic acids is 2. The first-order valence-electron chi connectivity index (χ1n) is 44.3. The predicted molar refractivity (Wildman–Crippen MR) is 426 cm³/mol. The number of aliphatic hydroxyl groups is 2. The lowest BCUT2D eigenvalue weighted by Crippen LogP contribution is -2.45. The van der Waals surface area contributed by atoms with Gasteiger partial charge in [-0.25, -0.2) is 0 Å². The number of unbranched alkanes of at least 4 members (excludes halogenated alkanes) is 69. The summed E-state index contributed by atoms with van der Waals surface area (Å²) < 4.78 is 5.52. The van der Waals surface area contributed by atoms with Crippen LogP contribution >= 0.6 is 0 Å². The van der Waals surface area contributed by atoms with Crippen LogP contribution < -0.4 is 5.32 Å². The van der Waals surface area contributed by atoms with Crippen molar-refractivity contribution in [2.75, 3.05) is 13.2 Å². The third kappa shape index (κ3) is 81.0. The Morgan fingerprint density at radius 2 is 0.521 bits per heavy atom. The van der Waals surface area contributed by atoms with E-state index >= 15 is 0 Å². The molecule has 0 aromatic carbocycles. The topological polar surface area (TPSA) is 95.9 Å². The second-order valence-electron chi connectivity index (χ2n) is 30.6. The van der Waals surface area contributed by atoms with Gasteiger partial charge in [0.2, 0.25) is 5.91 Å². The van der Waals surface area contributed by atoms with Crippen molar-refractivity contribution >= 4 is 11.9 Å². The summed E-state index contributed by atoms with van der Waals surface area (Å²) in [4.78, 5) is 24.7. The maximum Gasteiger partial charge on any atom is 0.305 e. The van der Waals surface area contributed by atoms with Gasteiger partial charge < -0.3 is 20.3 Å². The number of allylic oxidation sites excluding steroid dienone is 5. The Labute approximate surface area is 602 Å². The first-order valence-corrected chi connectivity index (χ1v) is 44.3. The van der Waals surface area contributed by atoms with Gasteiger partial charge in [-0.15, -0.1) is 0 Å². The van der Waals surface area contributed by atoms with Crippen molar-refractivity contribution < 1.29 is 24.5 Å². The molecule has 0 spiro atoms. The van der Waals surface area contributed by atoms with E-state index in [4.69, 9.17) is 4.74 Å². The molecule has 0 saturated carbocycles. The van der Waals surface area contributed by atoms with Gasteiger partial charge in [0.1, 0.15) is 0 Å². The van der Waals surface area contributed by atoms with E-state index in [9.17, 15) is 19.8 Å². The summed E-state index contributed by atoms with van der Waals surface area (Å²) in [6.07, 6.45) is 113. The highest BCUT2D eigenvalue weighted by atomic mass is 16.5. The van der Waals surface area contributed by atoms with Crippen molar-refractivity contribution in [1.29, 1.82) is 0 Å². The lowest BCUT2D eigenvalue weighted by molar-refractivity contribution is -0.143. The summed E-state index contributed by atoms with van der Waals surface area (Å²) in [5, 5.41) is 23.3. The molecule has 1 amide bonds. The second kappa shape index (κ2) is 85.5. The highest BCUT2D eigenvalue weighted by Crippen LogP contribution is 2.21. The Balaban J connectivity index is 3.31. The molecule has 3 N–H and O–H groups in total. The molecule has 0 radical (unpaired) electrons. The van der Waals surface area contributed by atoms with Crippen molar-refractivity contribution in [3.05, 3.63) is 36.5 Å². The number of carbonyl (C=O) groups is 2. The quantitative estimate of drug-likeness (QED) is 0.0320. The zero-order valence-corrected chi connectivity index (χ0v) is 65.4. The summed E-state index contributed by atoms with van der Waals surface area (Å²) >= 11 is 0. The van der Waals surface area contributed by atoms with Crippen LogP contribution in [-0.2, 0) is 14.3 Å². The van der Waals surface area contributed by atoms with Crippen molar-refractivity contribution in [1.82, 2.24) is 5.32 Å². The normalized spacial score (nSPS) is 12.6. The molecule has 568 valence electrons. The molecular weight excluding hydrogens is 1170 g/mol. The molecular formula is C90H173NO5. The minimum absolute atomic E-state index is 0.0210. The zero-order chi connectivity index (χ0) is 69.1. The molecule has 0 fully saturated rings. The number of hydrogen-bond acceptors (Lipinski definition) is 5. The van der Waals surface area contributed by atoms with E-state index in [1.54, 1.807) is 6.08 Å². The molecule has 0 aliphatic heterocycles. The van der Waals surface area contributed by atoms with Crippen LogP contribution in [0.1, 0.15) is 502 Å². The van der Waals surface area contributed by atoms with Gasteiger partial charge in [-0.3, -0.25) is 9.59 Å². The Morgan fingerprint density at radius 1 is 0.292 bits per heavy atom. The van der Waals surface area contributed by atoms with E-state index in [1.807, 2.05) is 6.08 Å². The molecule has 0 aromatic heterocycles. The van der Waals surface area contributed by atoms with Crippen molar-refractivity contribution in [2.45, 2.75) is 514 Å². The molecule has 2 unspecified atom stereocenters. The first kappa shape index (κ1) is 94.1. The van der Waals surface area contributed by atoms with E-state index < -0.39 is 12.1 Å². The summed E-state index contributed by atoms with van der Waals surface area (Å²) in [5.41, 5.74) is 0. The van der Waals surface area contributed by atoms with Crippen LogP contribution in [0, 0.1) is 0 Å². The van der Waals surface area contributed by atoms with Gasteiger partial charge in [-0.1, -0.05) is 461 Å². The average molecular weight is 1350 g/mol. The number of aliphatic hydroxyl groups excluding tert-OH is 2. The van der Waals surface area contributed by atoms with Gasteiger partial charge >= 0.3 is 5.97 Å². The van der Waals surface area contributed by atoms with Crippen molar-refractivity contribution in [2.24, 2.45) is 0 Å². The SMILES string of the molecule is CCCCC/C=C\C/C=C\CCCCCCCCCCCC(=O)OCCCCCCCCCCCCCCCCCCCCCCCCCCCCCCCCCCCCCCCCCC(=O)NC(CO)C(O)/C=C/CCCCCCCCCCCCCCCCCCCCC. The van der Waals surface area contributed by atoms with Crippen LogP contribution in [0.5, 0.6) is 0 Å². The van der Waals surface area contributed by atoms with E-state index in [0.29, 0.717) is 19.4 Å². The van der Waals surface area contributed by atoms with Gasteiger partial charge in [0.15, 0.2) is 0 Å². The molecule has 0 aliphatic carbocycles. The van der Waals surface area contributed by atoms with Crippen molar-refractivity contribution in [3.8, 4) is 0 Å². The van der Waals surface area contributed by atoms with Gasteiger partial charge in [0.05, 0.1) is 25.4 Å². The number of rotatable bonds is 84. The van der Waals surface area contributed by atoms with Gasteiger partial charge in [0, 0.05) is 12.8 Å². The Kier molecular flexibility index (Phi) is 83.8. The van der Waals surface area contributed by atoms with E-state index in [1.165, 1.54) is 430 Å². The number of ether oxygens (including phenoxy) is 1.